The van der Waals surface area contributed by atoms with Gasteiger partial charge in [0.15, 0.2) is 26.1 Å². The Kier molecular flexibility index (Phi) is 3.52. The van der Waals surface area contributed by atoms with Crippen LogP contribution in [-0.4, -0.2) is 33.8 Å². The number of benzene rings is 3. The van der Waals surface area contributed by atoms with E-state index in [4.69, 9.17) is 4.42 Å². The molecule has 0 saturated carbocycles. The molecule has 0 fully saturated rings. The molecule has 0 amide bonds. The first-order chi connectivity index (χ1) is 12.3. The van der Waals surface area contributed by atoms with Gasteiger partial charge in [-0.2, -0.15) is 0 Å². The van der Waals surface area contributed by atoms with Crippen LogP contribution in [0.3, 0.4) is 0 Å². The van der Waals surface area contributed by atoms with Gasteiger partial charge in [0.05, 0.1) is 0 Å². The van der Waals surface area contributed by atoms with Gasteiger partial charge in [0.25, 0.3) is 0 Å². The summed E-state index contributed by atoms with van der Waals surface area (Å²) in [5, 5.41) is 0.884. The molecule has 0 spiro atoms. The number of aromatic nitrogens is 1. The summed E-state index contributed by atoms with van der Waals surface area (Å²) in [5.74, 6) is -0.000365. The highest BCUT2D eigenvalue weighted by molar-refractivity contribution is 7.90. The largest absolute Gasteiger partial charge is 0.451 e. The van der Waals surface area contributed by atoms with E-state index in [1.165, 1.54) is 0 Å². The van der Waals surface area contributed by atoms with Crippen molar-refractivity contribution in [3.05, 3.63) is 52.7 Å². The predicted molar refractivity (Wildman–Crippen MR) is 102 cm³/mol. The van der Waals surface area contributed by atoms with E-state index in [1.54, 1.807) is 30.3 Å². The molecule has 26 heavy (non-hydrogen) atoms. The van der Waals surface area contributed by atoms with Crippen molar-refractivity contribution < 1.29 is 12.8 Å². The topological polar surface area (TPSA) is 80.5 Å². The molecule has 1 heterocycles. The number of anilines is 1. The summed E-state index contributed by atoms with van der Waals surface area (Å²) < 4.78 is 30.6. The van der Waals surface area contributed by atoms with E-state index in [9.17, 15) is 13.2 Å². The number of nitrogens with zero attached hydrogens (tertiary/aromatic N) is 2. The maximum Gasteiger partial charge on any atom is 0.209 e. The van der Waals surface area contributed by atoms with Crippen LogP contribution in [0, 0.1) is 0 Å². The average Bonchev–Trinajstić information content (AvgIpc) is 2.59. The molecule has 0 bridgehead atoms. The van der Waals surface area contributed by atoms with Crippen LogP contribution >= 0.6 is 0 Å². The third kappa shape index (κ3) is 2.43. The molecular formula is C19H16N2O4S. The van der Waals surface area contributed by atoms with E-state index in [0.29, 0.717) is 27.6 Å². The monoisotopic (exact) mass is 368 g/mol. The summed E-state index contributed by atoms with van der Waals surface area (Å²) in [4.78, 5) is 19.0. The van der Waals surface area contributed by atoms with Gasteiger partial charge in [0.2, 0.25) is 5.43 Å². The zero-order valence-corrected chi connectivity index (χ0v) is 15.3. The molecule has 4 rings (SSSR count). The Labute approximate surface area is 149 Å². The molecule has 0 aromatic heterocycles. The van der Waals surface area contributed by atoms with Crippen molar-refractivity contribution in [3.63, 3.8) is 0 Å². The molecular weight excluding hydrogens is 352 g/mol. The fraction of sp³-hybridized carbons (Fsp3) is 0.158. The van der Waals surface area contributed by atoms with Gasteiger partial charge in [0, 0.05) is 42.9 Å². The number of hydrogen-bond acceptors (Lipinski definition) is 6. The molecule has 0 N–H and O–H groups in total. The van der Waals surface area contributed by atoms with Crippen molar-refractivity contribution in [1.29, 1.82) is 0 Å². The zero-order valence-electron chi connectivity index (χ0n) is 14.5. The van der Waals surface area contributed by atoms with E-state index in [0.717, 1.165) is 11.9 Å². The molecule has 2 aromatic rings. The molecule has 0 atom stereocenters. The number of sulfone groups is 1. The second-order valence-electron chi connectivity index (χ2n) is 6.41. The maximum atomic E-state index is 12.8. The lowest BCUT2D eigenvalue weighted by Crippen LogP contribution is -2.17. The lowest BCUT2D eigenvalue weighted by atomic mass is 10.0. The van der Waals surface area contributed by atoms with Crippen molar-refractivity contribution in [1.82, 2.24) is 4.98 Å². The van der Waals surface area contributed by atoms with E-state index >= 15 is 0 Å². The van der Waals surface area contributed by atoms with Crippen LogP contribution in [0.4, 0.5) is 5.69 Å². The Morgan fingerprint density at radius 1 is 1.04 bits per heavy atom. The molecule has 0 saturated heterocycles. The van der Waals surface area contributed by atoms with E-state index < -0.39 is 15.3 Å². The van der Waals surface area contributed by atoms with Gasteiger partial charge in [-0.25, -0.2) is 13.4 Å². The fourth-order valence-electron chi connectivity index (χ4n) is 3.07. The molecule has 0 radical (unpaired) electrons. The number of fused-ring (bicyclic) bond motifs is 4. The van der Waals surface area contributed by atoms with Crippen LogP contribution in [0.1, 0.15) is 0 Å². The van der Waals surface area contributed by atoms with Gasteiger partial charge in [0.1, 0.15) is 11.2 Å². The lowest BCUT2D eigenvalue weighted by Gasteiger charge is -2.15. The molecule has 132 valence electrons. The van der Waals surface area contributed by atoms with Crippen LogP contribution < -0.4 is 10.3 Å². The van der Waals surface area contributed by atoms with Crippen LogP contribution in [0.5, 0.6) is 0 Å². The van der Waals surface area contributed by atoms with E-state index in [2.05, 4.69) is 4.98 Å². The quantitative estimate of drug-likeness (QED) is 0.400. The zero-order chi connectivity index (χ0) is 18.6. The summed E-state index contributed by atoms with van der Waals surface area (Å²) in [5.41, 5.74) is 1.69. The molecule has 2 aliphatic rings. The smallest absolute Gasteiger partial charge is 0.209 e. The minimum atomic E-state index is -3.80. The first-order valence-electron chi connectivity index (χ1n) is 7.94. The molecule has 1 aliphatic carbocycles. The molecule has 6 nitrogen and oxygen atoms in total. The summed E-state index contributed by atoms with van der Waals surface area (Å²) in [6.07, 6.45) is 1.01. The fourth-order valence-corrected chi connectivity index (χ4v) is 3.99. The molecule has 1 aliphatic heterocycles. The van der Waals surface area contributed by atoms with Crippen molar-refractivity contribution in [2.75, 3.05) is 25.3 Å². The summed E-state index contributed by atoms with van der Waals surface area (Å²) >= 11 is 0. The normalized spacial score (nSPS) is 12.1. The third-order valence-corrected chi connectivity index (χ3v) is 5.44. The molecule has 0 unspecified atom stereocenters. The Bertz CT molecular complexity index is 1310. The Morgan fingerprint density at radius 3 is 2.38 bits per heavy atom. The van der Waals surface area contributed by atoms with Crippen molar-refractivity contribution in [3.8, 4) is 11.5 Å². The Balaban J connectivity index is 2.27. The van der Waals surface area contributed by atoms with Gasteiger partial charge in [-0.15, -0.1) is 0 Å². The van der Waals surface area contributed by atoms with E-state index in [-0.39, 0.29) is 10.7 Å². The summed E-state index contributed by atoms with van der Waals surface area (Å²) in [6, 6.07) is 12.3. The Hall–Kier alpha value is -2.93. The van der Waals surface area contributed by atoms with Gasteiger partial charge >= 0.3 is 0 Å². The van der Waals surface area contributed by atoms with Gasteiger partial charge in [-0.1, -0.05) is 24.3 Å². The van der Waals surface area contributed by atoms with Gasteiger partial charge in [-0.05, 0) is 12.1 Å². The van der Waals surface area contributed by atoms with Crippen LogP contribution in [0.15, 0.2) is 56.6 Å². The first kappa shape index (κ1) is 16.5. The second kappa shape index (κ2) is 5.54. The maximum absolute atomic E-state index is 12.8. The molecule has 7 heteroatoms. The average molecular weight is 368 g/mol. The number of hydrogen-bond donors (Lipinski definition) is 0. The second-order valence-corrected chi connectivity index (χ2v) is 8.37. The highest BCUT2D eigenvalue weighted by Crippen LogP contribution is 2.35. The van der Waals surface area contributed by atoms with Crippen molar-refractivity contribution >= 4 is 37.4 Å². The van der Waals surface area contributed by atoms with E-state index in [1.807, 2.05) is 31.1 Å². The lowest BCUT2D eigenvalue weighted by molar-refractivity contribution is 0.580. The van der Waals surface area contributed by atoms with Crippen molar-refractivity contribution in [2.45, 2.75) is 4.90 Å². The SMILES string of the molecule is CN(C)c1ccc2nc3c4ccccc4c(=O)c(S(C)(=O)=O)c-3oc2c1. The third-order valence-electron chi connectivity index (χ3n) is 4.33. The van der Waals surface area contributed by atoms with Crippen LogP contribution in [-0.2, 0) is 9.84 Å². The van der Waals surface area contributed by atoms with Crippen LogP contribution in [0.25, 0.3) is 33.3 Å². The van der Waals surface area contributed by atoms with Crippen LogP contribution in [0.2, 0.25) is 0 Å². The van der Waals surface area contributed by atoms with Crippen molar-refractivity contribution in [2.24, 2.45) is 0 Å². The van der Waals surface area contributed by atoms with Gasteiger partial charge in [-0.3, -0.25) is 4.79 Å². The highest BCUT2D eigenvalue weighted by Gasteiger charge is 2.28. The number of rotatable bonds is 2. The summed E-state index contributed by atoms with van der Waals surface area (Å²) in [6.45, 7) is 0. The predicted octanol–water partition coefficient (Wildman–Crippen LogP) is 2.92. The van der Waals surface area contributed by atoms with Gasteiger partial charge < -0.3 is 9.32 Å². The highest BCUT2D eigenvalue weighted by atomic mass is 32.2. The minimum Gasteiger partial charge on any atom is -0.451 e. The molecule has 2 aromatic carbocycles. The Morgan fingerprint density at radius 2 is 1.73 bits per heavy atom. The standard InChI is InChI=1S/C19H16N2O4S/c1-21(2)11-8-9-14-15(10-11)25-18-16(20-14)12-6-4-5-7-13(12)17(22)19(18)26(3,23)24/h4-10H,1-3H3. The summed E-state index contributed by atoms with van der Waals surface area (Å²) in [7, 11) is -0.0239. The first-order valence-corrected chi connectivity index (χ1v) is 9.83. The minimum absolute atomic E-state index is 0.000365.